The molecule has 1 atom stereocenters. The van der Waals surface area contributed by atoms with Crippen molar-refractivity contribution in [2.24, 2.45) is 5.73 Å². The summed E-state index contributed by atoms with van der Waals surface area (Å²) >= 11 is 14.3. The molecule has 6 heteroatoms. The lowest BCUT2D eigenvalue weighted by atomic mass is 10.1. The standard InChI is InChI=1S/C18H16Cl2N2OS/c1-11(21)18-22-16(10-24-18)13-7-15(20)17(8-14(13)19)23-9-12-5-3-2-4-6-12/h2-8,10-11H,9,21H2,1H3. The maximum Gasteiger partial charge on any atom is 0.139 e. The van der Waals surface area contributed by atoms with Gasteiger partial charge in [-0.3, -0.25) is 0 Å². The molecule has 0 bridgehead atoms. The van der Waals surface area contributed by atoms with E-state index >= 15 is 0 Å². The van der Waals surface area contributed by atoms with E-state index in [2.05, 4.69) is 4.98 Å². The predicted octanol–water partition coefficient (Wildman–Crippen LogP) is 5.72. The molecular weight excluding hydrogens is 363 g/mol. The molecule has 0 aliphatic rings. The van der Waals surface area contributed by atoms with Gasteiger partial charge in [0.2, 0.25) is 0 Å². The zero-order valence-electron chi connectivity index (χ0n) is 13.0. The number of rotatable bonds is 5. The Labute approximate surface area is 155 Å². The first-order valence-corrected chi connectivity index (χ1v) is 9.05. The monoisotopic (exact) mass is 378 g/mol. The van der Waals surface area contributed by atoms with Crippen LogP contribution in [0, 0.1) is 0 Å². The molecule has 124 valence electrons. The molecule has 1 unspecified atom stereocenters. The summed E-state index contributed by atoms with van der Waals surface area (Å²) < 4.78 is 5.78. The van der Waals surface area contributed by atoms with Crippen LogP contribution < -0.4 is 10.5 Å². The van der Waals surface area contributed by atoms with Gasteiger partial charge in [0.05, 0.1) is 21.8 Å². The third-order valence-electron chi connectivity index (χ3n) is 3.45. The molecule has 0 aliphatic carbocycles. The number of thiazole rings is 1. The quantitative estimate of drug-likeness (QED) is 0.617. The second-order valence-electron chi connectivity index (χ2n) is 5.40. The number of halogens is 2. The summed E-state index contributed by atoms with van der Waals surface area (Å²) in [4.78, 5) is 4.51. The van der Waals surface area contributed by atoms with Crippen molar-refractivity contribution in [1.29, 1.82) is 0 Å². The van der Waals surface area contributed by atoms with Crippen molar-refractivity contribution in [2.45, 2.75) is 19.6 Å². The van der Waals surface area contributed by atoms with Crippen LogP contribution >= 0.6 is 34.5 Å². The smallest absolute Gasteiger partial charge is 0.139 e. The molecular formula is C18H16Cl2N2OS. The Bertz CT molecular complexity index is 834. The molecule has 3 nitrogen and oxygen atoms in total. The van der Waals surface area contributed by atoms with Gasteiger partial charge >= 0.3 is 0 Å². The van der Waals surface area contributed by atoms with Gasteiger partial charge in [-0.2, -0.15) is 0 Å². The third-order valence-corrected chi connectivity index (χ3v) is 5.10. The first-order chi connectivity index (χ1) is 11.5. The van der Waals surface area contributed by atoms with Crippen LogP contribution in [0.5, 0.6) is 5.75 Å². The lowest BCUT2D eigenvalue weighted by Gasteiger charge is -2.11. The minimum Gasteiger partial charge on any atom is -0.487 e. The van der Waals surface area contributed by atoms with Crippen molar-refractivity contribution in [3.63, 3.8) is 0 Å². The molecule has 1 heterocycles. The average molecular weight is 379 g/mol. The highest BCUT2D eigenvalue weighted by molar-refractivity contribution is 7.10. The molecule has 0 saturated carbocycles. The lowest BCUT2D eigenvalue weighted by molar-refractivity contribution is 0.306. The van der Waals surface area contributed by atoms with Gasteiger partial charge in [-0.25, -0.2) is 4.98 Å². The molecule has 0 amide bonds. The number of nitrogens with zero attached hydrogens (tertiary/aromatic N) is 1. The van der Waals surface area contributed by atoms with E-state index in [1.165, 1.54) is 11.3 Å². The third kappa shape index (κ3) is 3.90. The zero-order valence-corrected chi connectivity index (χ0v) is 15.3. The van der Waals surface area contributed by atoms with Crippen molar-refractivity contribution in [3.05, 3.63) is 68.5 Å². The summed E-state index contributed by atoms with van der Waals surface area (Å²) in [6.45, 7) is 2.33. The fourth-order valence-corrected chi connectivity index (χ4v) is 3.44. The van der Waals surface area contributed by atoms with Crippen LogP contribution in [0.25, 0.3) is 11.3 Å². The van der Waals surface area contributed by atoms with Gasteiger partial charge in [-0.15, -0.1) is 11.3 Å². The highest BCUT2D eigenvalue weighted by atomic mass is 35.5. The topological polar surface area (TPSA) is 48.1 Å². The van der Waals surface area contributed by atoms with E-state index in [0.29, 0.717) is 22.4 Å². The molecule has 2 N–H and O–H groups in total. The number of hydrogen-bond donors (Lipinski definition) is 1. The van der Waals surface area contributed by atoms with Crippen LogP contribution in [0.15, 0.2) is 47.8 Å². The van der Waals surface area contributed by atoms with Crippen molar-refractivity contribution >= 4 is 34.5 Å². The fourth-order valence-electron chi connectivity index (χ4n) is 2.19. The first-order valence-electron chi connectivity index (χ1n) is 7.41. The summed E-state index contributed by atoms with van der Waals surface area (Å²) in [5.41, 5.74) is 8.47. The summed E-state index contributed by atoms with van der Waals surface area (Å²) in [6.07, 6.45) is 0. The molecule has 3 rings (SSSR count). The predicted molar refractivity (Wildman–Crippen MR) is 101 cm³/mol. The van der Waals surface area contributed by atoms with Gasteiger partial charge in [0.15, 0.2) is 0 Å². The van der Waals surface area contributed by atoms with Gasteiger partial charge in [0.25, 0.3) is 0 Å². The first kappa shape index (κ1) is 17.2. The van der Waals surface area contributed by atoms with Crippen LogP contribution in [-0.4, -0.2) is 4.98 Å². The molecule has 0 fully saturated rings. The summed E-state index contributed by atoms with van der Waals surface area (Å²) in [5, 5.41) is 3.84. The van der Waals surface area contributed by atoms with E-state index in [4.69, 9.17) is 33.7 Å². The molecule has 1 aromatic heterocycles. The number of benzene rings is 2. The molecule has 0 radical (unpaired) electrons. The van der Waals surface area contributed by atoms with E-state index in [0.717, 1.165) is 21.8 Å². The maximum absolute atomic E-state index is 6.40. The van der Waals surface area contributed by atoms with Crippen molar-refractivity contribution < 1.29 is 4.74 Å². The van der Waals surface area contributed by atoms with E-state index < -0.39 is 0 Å². The largest absolute Gasteiger partial charge is 0.487 e. The van der Waals surface area contributed by atoms with Crippen LogP contribution in [0.3, 0.4) is 0 Å². The van der Waals surface area contributed by atoms with Gasteiger partial charge < -0.3 is 10.5 Å². The Hall–Kier alpha value is -1.59. The van der Waals surface area contributed by atoms with Crippen LogP contribution in [0.1, 0.15) is 23.5 Å². The van der Waals surface area contributed by atoms with Gasteiger partial charge in [-0.1, -0.05) is 53.5 Å². The Morgan fingerprint density at radius 2 is 1.92 bits per heavy atom. The van der Waals surface area contributed by atoms with Gasteiger partial charge in [0, 0.05) is 17.0 Å². The molecule has 24 heavy (non-hydrogen) atoms. The van der Waals surface area contributed by atoms with E-state index in [9.17, 15) is 0 Å². The molecule has 2 aromatic carbocycles. The van der Waals surface area contributed by atoms with Crippen molar-refractivity contribution in [1.82, 2.24) is 4.98 Å². The number of ether oxygens (including phenoxy) is 1. The molecule has 3 aromatic rings. The second-order valence-corrected chi connectivity index (χ2v) is 7.10. The van der Waals surface area contributed by atoms with E-state index in [-0.39, 0.29) is 6.04 Å². The van der Waals surface area contributed by atoms with Crippen LogP contribution in [-0.2, 0) is 6.61 Å². The fraction of sp³-hybridized carbons (Fsp3) is 0.167. The van der Waals surface area contributed by atoms with Crippen LogP contribution in [0.4, 0.5) is 0 Å². The summed E-state index contributed by atoms with van der Waals surface area (Å²) in [7, 11) is 0. The minimum atomic E-state index is -0.105. The minimum absolute atomic E-state index is 0.105. The van der Waals surface area contributed by atoms with Crippen molar-refractivity contribution in [2.75, 3.05) is 0 Å². The van der Waals surface area contributed by atoms with Crippen molar-refractivity contribution in [3.8, 4) is 17.0 Å². The Balaban J connectivity index is 1.82. The van der Waals surface area contributed by atoms with Gasteiger partial charge in [0.1, 0.15) is 17.4 Å². The molecule has 0 spiro atoms. The Kier molecular flexibility index (Phi) is 5.41. The number of hydrogen-bond acceptors (Lipinski definition) is 4. The molecule has 0 saturated heterocycles. The average Bonchev–Trinajstić information content (AvgIpc) is 3.06. The normalized spacial score (nSPS) is 12.2. The Morgan fingerprint density at radius 3 is 2.58 bits per heavy atom. The highest BCUT2D eigenvalue weighted by Crippen LogP contribution is 2.37. The zero-order chi connectivity index (χ0) is 17.1. The Morgan fingerprint density at radius 1 is 1.17 bits per heavy atom. The maximum atomic E-state index is 6.40. The number of nitrogens with two attached hydrogens (primary N) is 1. The summed E-state index contributed by atoms with van der Waals surface area (Å²) in [5.74, 6) is 0.553. The summed E-state index contributed by atoms with van der Waals surface area (Å²) in [6, 6.07) is 13.3. The lowest BCUT2D eigenvalue weighted by Crippen LogP contribution is -2.03. The van der Waals surface area contributed by atoms with Gasteiger partial charge in [-0.05, 0) is 18.6 Å². The number of aromatic nitrogens is 1. The molecule has 0 aliphatic heterocycles. The van der Waals surface area contributed by atoms with Crippen LogP contribution in [0.2, 0.25) is 10.0 Å². The second kappa shape index (κ2) is 7.53. The highest BCUT2D eigenvalue weighted by Gasteiger charge is 2.14. The van der Waals surface area contributed by atoms with E-state index in [1.54, 1.807) is 12.1 Å². The van der Waals surface area contributed by atoms with E-state index in [1.807, 2.05) is 42.6 Å². The SMILES string of the molecule is CC(N)c1nc(-c2cc(Cl)c(OCc3ccccc3)cc2Cl)cs1.